The molecule has 0 bridgehead atoms. The molecule has 1 saturated heterocycles. The van der Waals surface area contributed by atoms with Gasteiger partial charge in [0.25, 0.3) is 5.91 Å². The summed E-state index contributed by atoms with van der Waals surface area (Å²) in [5.41, 5.74) is 2.03. The normalized spacial score (nSPS) is 20.4. The number of fused-ring (bicyclic) bond motifs is 1. The molecule has 1 N–H and O–H groups in total. The van der Waals surface area contributed by atoms with Crippen molar-refractivity contribution < 1.29 is 13.9 Å². The first kappa shape index (κ1) is 18.8. The number of carbonyl (C=O) groups is 1. The second kappa shape index (κ2) is 8.22. The number of amides is 1. The van der Waals surface area contributed by atoms with Gasteiger partial charge in [0, 0.05) is 49.8 Å². The van der Waals surface area contributed by atoms with E-state index in [0.717, 1.165) is 43.0 Å². The number of hydrogen-bond acceptors (Lipinski definition) is 5. The van der Waals surface area contributed by atoms with E-state index in [1.807, 2.05) is 6.20 Å². The lowest BCUT2D eigenvalue weighted by molar-refractivity contribution is -0.138. The van der Waals surface area contributed by atoms with E-state index in [-0.39, 0.29) is 11.7 Å². The number of ether oxygens (including phenoxy) is 1. The summed E-state index contributed by atoms with van der Waals surface area (Å²) < 4.78 is 18.9. The van der Waals surface area contributed by atoms with Gasteiger partial charge in [-0.3, -0.25) is 4.79 Å². The topological polar surface area (TPSA) is 67.3 Å². The van der Waals surface area contributed by atoms with Gasteiger partial charge in [0.15, 0.2) is 6.10 Å². The Hall–Kier alpha value is -2.54. The molecule has 4 rings (SSSR count). The average molecular weight is 384 g/mol. The molecule has 6 nitrogen and oxygen atoms in total. The number of halogens is 1. The molecule has 2 atom stereocenters. The standard InChI is InChI=1S/C21H25FN4O2/c1-14(28-18-6-2-5-17(22)10-18)21(27)26-9-7-19-16(13-26)12-24-20(25-19)15-4-3-8-23-11-15/h2,5-6,10,12,14-15,23H,3-4,7-9,11,13H2,1H3/t14-,15+/m0/s1. The predicted octanol–water partition coefficient (Wildman–Crippen LogP) is 2.43. The van der Waals surface area contributed by atoms with Crippen LogP contribution >= 0.6 is 0 Å². The Balaban J connectivity index is 1.41. The Morgan fingerprint density at radius 1 is 1.43 bits per heavy atom. The maximum Gasteiger partial charge on any atom is 0.263 e. The zero-order chi connectivity index (χ0) is 19.5. The van der Waals surface area contributed by atoms with Gasteiger partial charge in [0.05, 0.1) is 5.69 Å². The highest BCUT2D eigenvalue weighted by Crippen LogP contribution is 2.24. The first-order valence-electron chi connectivity index (χ1n) is 9.86. The molecule has 1 amide bonds. The van der Waals surface area contributed by atoms with E-state index < -0.39 is 6.10 Å². The number of aromatic nitrogens is 2. The Bertz CT molecular complexity index is 854. The Labute approximate surface area is 164 Å². The molecule has 1 aromatic heterocycles. The van der Waals surface area contributed by atoms with E-state index in [1.54, 1.807) is 24.0 Å². The Morgan fingerprint density at radius 3 is 3.11 bits per heavy atom. The van der Waals surface area contributed by atoms with Gasteiger partial charge in [-0.05, 0) is 38.4 Å². The number of piperidine rings is 1. The predicted molar refractivity (Wildman–Crippen MR) is 102 cm³/mol. The Morgan fingerprint density at radius 2 is 2.32 bits per heavy atom. The van der Waals surface area contributed by atoms with Crippen molar-refractivity contribution in [2.45, 2.75) is 44.8 Å². The molecule has 0 unspecified atom stereocenters. The minimum Gasteiger partial charge on any atom is -0.481 e. The highest BCUT2D eigenvalue weighted by atomic mass is 19.1. The second-order valence-corrected chi connectivity index (χ2v) is 7.47. The lowest BCUT2D eigenvalue weighted by Crippen LogP contribution is -2.43. The van der Waals surface area contributed by atoms with Gasteiger partial charge in [-0.15, -0.1) is 0 Å². The van der Waals surface area contributed by atoms with Crippen molar-refractivity contribution in [1.82, 2.24) is 20.2 Å². The van der Waals surface area contributed by atoms with E-state index >= 15 is 0 Å². The van der Waals surface area contributed by atoms with Crippen LogP contribution in [0.5, 0.6) is 5.75 Å². The van der Waals surface area contributed by atoms with E-state index in [4.69, 9.17) is 9.72 Å². The van der Waals surface area contributed by atoms with Crippen molar-refractivity contribution in [2.24, 2.45) is 0 Å². The van der Waals surface area contributed by atoms with Crippen LogP contribution in [-0.2, 0) is 17.8 Å². The fourth-order valence-corrected chi connectivity index (χ4v) is 3.84. The summed E-state index contributed by atoms with van der Waals surface area (Å²) in [5, 5.41) is 3.40. The maximum atomic E-state index is 13.3. The molecule has 1 aromatic carbocycles. The molecule has 0 spiro atoms. The third-order valence-electron chi connectivity index (χ3n) is 5.38. The van der Waals surface area contributed by atoms with Gasteiger partial charge in [0.1, 0.15) is 17.4 Å². The fourth-order valence-electron chi connectivity index (χ4n) is 3.84. The van der Waals surface area contributed by atoms with Gasteiger partial charge >= 0.3 is 0 Å². The van der Waals surface area contributed by atoms with E-state index in [2.05, 4.69) is 10.3 Å². The van der Waals surface area contributed by atoms with Crippen LogP contribution in [0.2, 0.25) is 0 Å². The third-order valence-corrected chi connectivity index (χ3v) is 5.38. The van der Waals surface area contributed by atoms with Crippen LogP contribution < -0.4 is 10.1 Å². The summed E-state index contributed by atoms with van der Waals surface area (Å²) in [6.45, 7) is 4.77. The zero-order valence-electron chi connectivity index (χ0n) is 16.0. The number of nitrogens with zero attached hydrogens (tertiary/aromatic N) is 3. The van der Waals surface area contributed by atoms with Crippen molar-refractivity contribution in [3.63, 3.8) is 0 Å². The fraction of sp³-hybridized carbons (Fsp3) is 0.476. The van der Waals surface area contributed by atoms with Crippen LogP contribution in [-0.4, -0.2) is 46.5 Å². The molecule has 0 saturated carbocycles. The van der Waals surface area contributed by atoms with Gasteiger partial charge in [-0.2, -0.15) is 0 Å². The summed E-state index contributed by atoms with van der Waals surface area (Å²) >= 11 is 0. The van der Waals surface area contributed by atoms with E-state index in [9.17, 15) is 9.18 Å². The highest BCUT2D eigenvalue weighted by Gasteiger charge is 2.28. The minimum atomic E-state index is -0.683. The monoisotopic (exact) mass is 384 g/mol. The van der Waals surface area contributed by atoms with E-state index in [1.165, 1.54) is 12.1 Å². The van der Waals surface area contributed by atoms with Crippen LogP contribution in [0.3, 0.4) is 0 Å². The van der Waals surface area contributed by atoms with Crippen LogP contribution in [0, 0.1) is 5.82 Å². The van der Waals surface area contributed by atoms with Crippen molar-refractivity contribution in [2.75, 3.05) is 19.6 Å². The van der Waals surface area contributed by atoms with Crippen molar-refractivity contribution >= 4 is 5.91 Å². The van der Waals surface area contributed by atoms with Crippen LogP contribution in [0.25, 0.3) is 0 Å². The number of benzene rings is 1. The molecule has 7 heteroatoms. The third kappa shape index (κ3) is 4.14. The molecular weight excluding hydrogens is 359 g/mol. The molecule has 3 heterocycles. The number of rotatable bonds is 4. The first-order chi connectivity index (χ1) is 13.6. The van der Waals surface area contributed by atoms with Crippen LogP contribution in [0.4, 0.5) is 4.39 Å². The molecular formula is C21H25FN4O2. The van der Waals surface area contributed by atoms with Gasteiger partial charge in [0.2, 0.25) is 0 Å². The molecule has 2 aliphatic heterocycles. The smallest absolute Gasteiger partial charge is 0.263 e. The maximum absolute atomic E-state index is 13.3. The molecule has 148 valence electrons. The number of nitrogens with one attached hydrogen (secondary N) is 1. The second-order valence-electron chi connectivity index (χ2n) is 7.47. The molecule has 0 aliphatic carbocycles. The van der Waals surface area contributed by atoms with Gasteiger partial charge in [-0.25, -0.2) is 14.4 Å². The summed E-state index contributed by atoms with van der Waals surface area (Å²) in [5.74, 6) is 1.14. The van der Waals surface area contributed by atoms with Gasteiger partial charge < -0.3 is 15.0 Å². The first-order valence-corrected chi connectivity index (χ1v) is 9.86. The average Bonchev–Trinajstić information content (AvgIpc) is 2.73. The largest absolute Gasteiger partial charge is 0.481 e. The van der Waals surface area contributed by atoms with Crippen molar-refractivity contribution in [3.8, 4) is 5.75 Å². The summed E-state index contributed by atoms with van der Waals surface area (Å²) in [4.78, 5) is 23.9. The molecule has 2 aliphatic rings. The molecule has 2 aromatic rings. The molecule has 28 heavy (non-hydrogen) atoms. The van der Waals surface area contributed by atoms with Gasteiger partial charge in [-0.1, -0.05) is 6.07 Å². The number of hydrogen-bond donors (Lipinski definition) is 1. The SMILES string of the molecule is C[C@H](Oc1cccc(F)c1)C(=O)N1CCc2nc([C@@H]3CCCNC3)ncc2C1. The lowest BCUT2D eigenvalue weighted by atomic mass is 9.98. The van der Waals surface area contributed by atoms with E-state index in [0.29, 0.717) is 31.2 Å². The quantitative estimate of drug-likeness (QED) is 0.877. The van der Waals surface area contributed by atoms with Crippen LogP contribution in [0.15, 0.2) is 30.5 Å². The highest BCUT2D eigenvalue weighted by molar-refractivity contribution is 5.81. The Kier molecular flexibility index (Phi) is 5.52. The molecule has 1 fully saturated rings. The van der Waals surface area contributed by atoms with Crippen molar-refractivity contribution in [3.05, 3.63) is 53.4 Å². The number of carbonyl (C=O) groups excluding carboxylic acids is 1. The van der Waals surface area contributed by atoms with Crippen LogP contribution in [0.1, 0.15) is 42.8 Å². The lowest BCUT2D eigenvalue weighted by Gasteiger charge is -2.31. The summed E-state index contributed by atoms with van der Waals surface area (Å²) in [7, 11) is 0. The zero-order valence-corrected chi connectivity index (χ0v) is 16.0. The molecule has 0 radical (unpaired) electrons. The van der Waals surface area contributed by atoms with Crippen molar-refractivity contribution in [1.29, 1.82) is 0 Å². The summed E-state index contributed by atoms with van der Waals surface area (Å²) in [6, 6.07) is 5.84. The summed E-state index contributed by atoms with van der Waals surface area (Å²) in [6.07, 6.45) is 4.16. The minimum absolute atomic E-state index is 0.115.